The third kappa shape index (κ3) is 4.49. The SMILES string of the molecule is COC(=O)c1ccc(COc2ccc(/C=N\n3c(C(F)F)n[nH]c3=S)cc2)o1. The normalized spacial score (nSPS) is 11.3. The van der Waals surface area contributed by atoms with Crippen molar-refractivity contribution in [1.82, 2.24) is 14.9 Å². The number of hydrogen-bond acceptors (Lipinski definition) is 7. The Morgan fingerprint density at radius 3 is 2.79 bits per heavy atom. The number of carbonyl (C=O) groups excluding carboxylic acids is 1. The fraction of sp³-hybridized carbons (Fsp3) is 0.176. The Morgan fingerprint density at radius 2 is 2.11 bits per heavy atom. The lowest BCUT2D eigenvalue weighted by molar-refractivity contribution is 0.0561. The Bertz CT molecular complexity index is 1040. The number of hydrogen-bond donors (Lipinski definition) is 1. The minimum Gasteiger partial charge on any atom is -0.486 e. The van der Waals surface area contributed by atoms with Gasteiger partial charge in [-0.25, -0.2) is 18.7 Å². The third-order valence-electron chi connectivity index (χ3n) is 3.50. The molecule has 0 unspecified atom stereocenters. The number of aromatic nitrogens is 3. The van der Waals surface area contributed by atoms with E-state index in [1.165, 1.54) is 19.4 Å². The van der Waals surface area contributed by atoms with Crippen LogP contribution in [0.3, 0.4) is 0 Å². The molecular weight excluding hydrogens is 394 g/mol. The molecule has 2 aromatic heterocycles. The molecule has 0 atom stereocenters. The highest BCUT2D eigenvalue weighted by molar-refractivity contribution is 7.71. The minimum absolute atomic E-state index is 0.0312. The predicted molar refractivity (Wildman–Crippen MR) is 96.2 cm³/mol. The summed E-state index contributed by atoms with van der Waals surface area (Å²) in [5.74, 6) is -0.0384. The predicted octanol–water partition coefficient (Wildman–Crippen LogP) is 3.72. The zero-order chi connectivity index (χ0) is 20.1. The molecule has 3 aromatic rings. The second-order valence-electron chi connectivity index (χ2n) is 5.36. The first-order valence-corrected chi connectivity index (χ1v) is 8.28. The second kappa shape index (κ2) is 8.57. The number of rotatable bonds is 7. The molecule has 0 spiro atoms. The number of esters is 1. The quantitative estimate of drug-likeness (QED) is 0.364. The van der Waals surface area contributed by atoms with Crippen molar-refractivity contribution >= 4 is 24.4 Å². The van der Waals surface area contributed by atoms with Gasteiger partial charge in [0.05, 0.1) is 13.3 Å². The molecule has 0 aliphatic carbocycles. The van der Waals surface area contributed by atoms with Crippen molar-refractivity contribution in [3.8, 4) is 5.75 Å². The van der Waals surface area contributed by atoms with Crippen LogP contribution in [-0.2, 0) is 11.3 Å². The van der Waals surface area contributed by atoms with Crippen LogP contribution in [0.25, 0.3) is 0 Å². The molecule has 1 N–H and O–H groups in total. The molecule has 0 saturated carbocycles. The summed E-state index contributed by atoms with van der Waals surface area (Å²) in [4.78, 5) is 11.3. The number of nitrogens with one attached hydrogen (secondary N) is 1. The van der Waals surface area contributed by atoms with Crippen LogP contribution in [0, 0.1) is 4.77 Å². The molecule has 146 valence electrons. The third-order valence-corrected chi connectivity index (χ3v) is 3.77. The van der Waals surface area contributed by atoms with Crippen molar-refractivity contribution in [1.29, 1.82) is 0 Å². The van der Waals surface area contributed by atoms with Crippen LogP contribution >= 0.6 is 12.2 Å². The smallest absolute Gasteiger partial charge is 0.373 e. The maximum Gasteiger partial charge on any atom is 0.373 e. The lowest BCUT2D eigenvalue weighted by atomic mass is 10.2. The molecule has 11 heteroatoms. The molecule has 0 radical (unpaired) electrons. The molecule has 2 heterocycles. The number of nitrogens with zero attached hydrogens (tertiary/aromatic N) is 3. The van der Waals surface area contributed by atoms with Crippen molar-refractivity contribution in [2.45, 2.75) is 13.0 Å². The van der Waals surface area contributed by atoms with E-state index in [9.17, 15) is 13.6 Å². The van der Waals surface area contributed by atoms with Gasteiger partial charge in [-0.1, -0.05) is 0 Å². The van der Waals surface area contributed by atoms with Gasteiger partial charge in [-0.15, -0.1) is 0 Å². The van der Waals surface area contributed by atoms with Crippen LogP contribution < -0.4 is 4.74 Å². The lowest BCUT2D eigenvalue weighted by Gasteiger charge is -2.04. The molecule has 0 aliphatic rings. The van der Waals surface area contributed by atoms with Gasteiger partial charge in [0.25, 0.3) is 6.43 Å². The Hall–Kier alpha value is -3.34. The van der Waals surface area contributed by atoms with Gasteiger partial charge in [-0.05, 0) is 54.2 Å². The van der Waals surface area contributed by atoms with Crippen LogP contribution in [0.1, 0.15) is 34.1 Å². The first-order valence-electron chi connectivity index (χ1n) is 7.87. The number of alkyl halides is 2. The highest BCUT2D eigenvalue weighted by Crippen LogP contribution is 2.17. The van der Waals surface area contributed by atoms with Crippen LogP contribution in [0.15, 0.2) is 45.9 Å². The van der Waals surface area contributed by atoms with E-state index in [-0.39, 0.29) is 17.1 Å². The highest BCUT2D eigenvalue weighted by atomic mass is 32.1. The highest BCUT2D eigenvalue weighted by Gasteiger charge is 2.16. The summed E-state index contributed by atoms with van der Waals surface area (Å²) in [6, 6.07) is 9.84. The number of aromatic amines is 1. The van der Waals surface area contributed by atoms with E-state index < -0.39 is 18.2 Å². The van der Waals surface area contributed by atoms with E-state index in [0.717, 1.165) is 4.68 Å². The van der Waals surface area contributed by atoms with E-state index in [1.54, 1.807) is 30.3 Å². The first kappa shape index (κ1) is 19.4. The van der Waals surface area contributed by atoms with Crippen LogP contribution in [0.5, 0.6) is 5.75 Å². The van der Waals surface area contributed by atoms with E-state index in [1.807, 2.05) is 0 Å². The number of ether oxygens (including phenoxy) is 2. The Kier molecular flexibility index (Phi) is 5.94. The Labute approximate surface area is 162 Å². The van der Waals surface area contributed by atoms with Crippen LogP contribution in [0.4, 0.5) is 8.78 Å². The standard InChI is InChI=1S/C17H14F2N4O4S/c1-25-16(24)13-7-6-12(27-13)9-26-11-4-2-10(3-5-11)8-20-23-15(14(18)19)21-22-17(23)28/h2-8,14H,9H2,1H3,(H,22,28)/b20-8-. The van der Waals surface area contributed by atoms with E-state index in [4.69, 9.17) is 21.4 Å². The van der Waals surface area contributed by atoms with Crippen molar-refractivity contribution < 1.29 is 27.5 Å². The number of benzene rings is 1. The number of H-pyrrole nitrogens is 1. The monoisotopic (exact) mass is 408 g/mol. The summed E-state index contributed by atoms with van der Waals surface area (Å²) in [5, 5.41) is 9.63. The zero-order valence-corrected chi connectivity index (χ0v) is 15.3. The van der Waals surface area contributed by atoms with Crippen molar-refractivity contribution in [3.63, 3.8) is 0 Å². The summed E-state index contributed by atoms with van der Waals surface area (Å²) in [6.45, 7) is 0.117. The molecular formula is C17H14F2N4O4S. The number of methoxy groups -OCH3 is 1. The average molecular weight is 408 g/mol. The number of carbonyl (C=O) groups is 1. The number of halogens is 2. The van der Waals surface area contributed by atoms with Crippen LogP contribution in [-0.4, -0.2) is 34.2 Å². The summed E-state index contributed by atoms with van der Waals surface area (Å²) >= 11 is 4.87. The lowest BCUT2D eigenvalue weighted by Crippen LogP contribution is -1.99. The first-order chi connectivity index (χ1) is 13.5. The molecule has 0 bridgehead atoms. The van der Waals surface area contributed by atoms with Gasteiger partial charge in [0, 0.05) is 0 Å². The number of furan rings is 1. The van der Waals surface area contributed by atoms with Crippen molar-refractivity contribution in [2.24, 2.45) is 5.10 Å². The Morgan fingerprint density at radius 1 is 1.36 bits per heavy atom. The molecule has 28 heavy (non-hydrogen) atoms. The van der Waals surface area contributed by atoms with Gasteiger partial charge in [-0.2, -0.15) is 14.9 Å². The molecule has 0 saturated heterocycles. The van der Waals surface area contributed by atoms with Gasteiger partial charge in [0.1, 0.15) is 18.1 Å². The maximum atomic E-state index is 12.8. The topological polar surface area (TPSA) is 94.6 Å². The molecule has 0 aliphatic heterocycles. The largest absolute Gasteiger partial charge is 0.486 e. The van der Waals surface area contributed by atoms with Gasteiger partial charge in [0.15, 0.2) is 0 Å². The van der Waals surface area contributed by atoms with E-state index >= 15 is 0 Å². The molecule has 0 amide bonds. The van der Waals surface area contributed by atoms with Crippen LogP contribution in [0.2, 0.25) is 0 Å². The van der Waals surface area contributed by atoms with Crippen molar-refractivity contribution in [3.05, 3.63) is 64.1 Å². The molecule has 1 aromatic carbocycles. The van der Waals surface area contributed by atoms with Crippen molar-refractivity contribution in [2.75, 3.05) is 7.11 Å². The fourth-order valence-electron chi connectivity index (χ4n) is 2.15. The summed E-state index contributed by atoms with van der Waals surface area (Å²) in [6.07, 6.45) is -1.43. The van der Waals surface area contributed by atoms with Gasteiger partial charge in [-0.3, -0.25) is 0 Å². The summed E-state index contributed by atoms with van der Waals surface area (Å²) in [5.41, 5.74) is 0.640. The Balaban J connectivity index is 1.62. The fourth-order valence-corrected chi connectivity index (χ4v) is 2.34. The second-order valence-corrected chi connectivity index (χ2v) is 5.75. The van der Waals surface area contributed by atoms with Gasteiger partial charge in [0.2, 0.25) is 16.4 Å². The molecule has 3 rings (SSSR count). The van der Waals surface area contributed by atoms with Gasteiger partial charge < -0.3 is 13.9 Å². The molecule has 0 fully saturated rings. The van der Waals surface area contributed by atoms with E-state index in [0.29, 0.717) is 17.1 Å². The zero-order valence-electron chi connectivity index (χ0n) is 14.5. The van der Waals surface area contributed by atoms with E-state index in [2.05, 4.69) is 20.0 Å². The minimum atomic E-state index is -2.80. The maximum absolute atomic E-state index is 12.8. The summed E-state index contributed by atoms with van der Waals surface area (Å²) < 4.78 is 41.9. The summed E-state index contributed by atoms with van der Waals surface area (Å²) in [7, 11) is 1.26. The average Bonchev–Trinajstić information content (AvgIpc) is 3.31. The molecule has 8 nitrogen and oxygen atoms in total. The van der Waals surface area contributed by atoms with Gasteiger partial charge >= 0.3 is 5.97 Å².